The van der Waals surface area contributed by atoms with Crippen molar-refractivity contribution in [1.82, 2.24) is 0 Å². The van der Waals surface area contributed by atoms with E-state index >= 15 is 0 Å². The molecule has 1 N–H and O–H groups in total. The number of fused-ring (bicyclic) bond motifs is 1. The molecule has 0 spiro atoms. The lowest BCUT2D eigenvalue weighted by molar-refractivity contribution is -0.122. The maximum atomic E-state index is 13.3. The molecular weight excluding hydrogens is 324 g/mol. The fraction of sp³-hybridized carbons (Fsp3) is 0.150. The molecule has 0 aliphatic carbocycles. The van der Waals surface area contributed by atoms with E-state index in [-0.39, 0.29) is 5.69 Å². The molecule has 0 saturated carbocycles. The lowest BCUT2D eigenvalue weighted by Gasteiger charge is -2.18. The third kappa shape index (κ3) is 3.76. The lowest BCUT2D eigenvalue weighted by Crippen LogP contribution is -2.32. The monoisotopic (exact) mass is 341 g/mol. The van der Waals surface area contributed by atoms with E-state index in [2.05, 4.69) is 5.32 Å². The number of carbonyl (C=O) groups excluding carboxylic acids is 1. The molecular formula is C20H17F2NO2. The highest BCUT2D eigenvalue weighted by molar-refractivity contribution is 5.95. The number of ether oxygens (including phenoxy) is 1. The number of nitrogens with one attached hydrogen (secondary N) is 1. The van der Waals surface area contributed by atoms with E-state index in [1.807, 2.05) is 43.3 Å². The molecule has 0 aliphatic heterocycles. The number of hydrogen-bond donors (Lipinski definition) is 1. The van der Waals surface area contributed by atoms with Crippen molar-refractivity contribution in [1.29, 1.82) is 0 Å². The van der Waals surface area contributed by atoms with Crippen molar-refractivity contribution in [3.63, 3.8) is 0 Å². The Hall–Kier alpha value is -2.95. The highest BCUT2D eigenvalue weighted by Gasteiger charge is 2.20. The number of hydrogen-bond acceptors (Lipinski definition) is 2. The molecule has 3 aromatic rings. The van der Waals surface area contributed by atoms with Gasteiger partial charge in [0.2, 0.25) is 0 Å². The van der Waals surface area contributed by atoms with Crippen molar-refractivity contribution in [3.8, 4) is 5.75 Å². The van der Waals surface area contributed by atoms with E-state index in [4.69, 9.17) is 4.74 Å². The van der Waals surface area contributed by atoms with Gasteiger partial charge in [-0.25, -0.2) is 8.78 Å². The molecule has 1 atom stereocenters. The molecule has 3 rings (SSSR count). The number of benzene rings is 3. The number of halogens is 2. The largest absolute Gasteiger partial charge is 0.480 e. The van der Waals surface area contributed by atoms with Crippen molar-refractivity contribution in [2.24, 2.45) is 0 Å². The summed E-state index contributed by atoms with van der Waals surface area (Å²) in [6.07, 6.45) is -0.322. The van der Waals surface area contributed by atoms with Crippen molar-refractivity contribution in [3.05, 3.63) is 72.3 Å². The van der Waals surface area contributed by atoms with Crippen LogP contribution in [0.4, 0.5) is 14.5 Å². The molecule has 0 bridgehead atoms. The summed E-state index contributed by atoms with van der Waals surface area (Å²) in [5, 5.41) is 4.48. The maximum absolute atomic E-state index is 13.3. The molecule has 3 aromatic carbocycles. The average molecular weight is 341 g/mol. The first-order valence-corrected chi connectivity index (χ1v) is 7.99. The minimum atomic E-state index is -1.01. The molecule has 0 saturated heterocycles. The smallest absolute Gasteiger partial charge is 0.265 e. The number of anilines is 1. The molecule has 0 heterocycles. The van der Waals surface area contributed by atoms with Crippen molar-refractivity contribution >= 4 is 22.4 Å². The van der Waals surface area contributed by atoms with Gasteiger partial charge in [0.05, 0.1) is 0 Å². The van der Waals surface area contributed by atoms with Gasteiger partial charge in [-0.05, 0) is 30.0 Å². The Kier molecular flexibility index (Phi) is 4.93. The Balaban J connectivity index is 1.79. The van der Waals surface area contributed by atoms with Gasteiger partial charge in [-0.15, -0.1) is 0 Å². The van der Waals surface area contributed by atoms with Gasteiger partial charge in [-0.3, -0.25) is 4.79 Å². The molecule has 25 heavy (non-hydrogen) atoms. The van der Waals surface area contributed by atoms with Crippen LogP contribution < -0.4 is 10.1 Å². The van der Waals surface area contributed by atoms with E-state index in [1.165, 1.54) is 6.07 Å². The fourth-order valence-corrected chi connectivity index (χ4v) is 2.57. The van der Waals surface area contributed by atoms with Gasteiger partial charge >= 0.3 is 0 Å². The number of carbonyl (C=O) groups is 1. The summed E-state index contributed by atoms with van der Waals surface area (Å²) in [6, 6.07) is 16.6. The average Bonchev–Trinajstić information content (AvgIpc) is 2.62. The van der Waals surface area contributed by atoms with Crippen molar-refractivity contribution in [2.45, 2.75) is 19.4 Å². The summed E-state index contributed by atoms with van der Waals surface area (Å²) in [5.41, 5.74) is 0.184. The molecule has 0 radical (unpaired) electrons. The third-order valence-electron chi connectivity index (χ3n) is 3.87. The van der Waals surface area contributed by atoms with Crippen LogP contribution in [-0.2, 0) is 4.79 Å². The Morgan fingerprint density at radius 2 is 1.80 bits per heavy atom. The zero-order valence-corrected chi connectivity index (χ0v) is 13.6. The van der Waals surface area contributed by atoms with Crippen LogP contribution in [-0.4, -0.2) is 12.0 Å². The summed E-state index contributed by atoms with van der Waals surface area (Å²) in [6.45, 7) is 1.82. The Morgan fingerprint density at radius 1 is 1.04 bits per heavy atom. The van der Waals surface area contributed by atoms with Gasteiger partial charge in [-0.2, -0.15) is 0 Å². The molecule has 0 aliphatic rings. The summed E-state index contributed by atoms with van der Waals surface area (Å²) in [4.78, 5) is 12.4. The first-order chi connectivity index (χ1) is 12.1. The molecule has 5 heteroatoms. The summed E-state index contributed by atoms with van der Waals surface area (Å²) >= 11 is 0. The predicted octanol–water partition coefficient (Wildman–Crippen LogP) is 4.91. The molecule has 128 valence electrons. The second kappa shape index (κ2) is 7.30. The van der Waals surface area contributed by atoms with E-state index in [0.29, 0.717) is 12.2 Å². The van der Waals surface area contributed by atoms with Crippen LogP contribution in [0.25, 0.3) is 10.8 Å². The second-order valence-corrected chi connectivity index (χ2v) is 5.61. The van der Waals surface area contributed by atoms with Crippen LogP contribution in [0, 0.1) is 11.6 Å². The Bertz CT molecular complexity index is 906. The van der Waals surface area contributed by atoms with Crippen molar-refractivity contribution < 1.29 is 18.3 Å². The van der Waals surface area contributed by atoms with E-state index in [9.17, 15) is 13.6 Å². The second-order valence-electron chi connectivity index (χ2n) is 5.61. The van der Waals surface area contributed by atoms with Crippen LogP contribution in [0.15, 0.2) is 60.7 Å². The van der Waals surface area contributed by atoms with Gasteiger partial charge in [0.15, 0.2) is 17.7 Å². The minimum Gasteiger partial charge on any atom is -0.480 e. The fourth-order valence-electron chi connectivity index (χ4n) is 2.57. The van der Waals surface area contributed by atoms with E-state index < -0.39 is 23.6 Å². The van der Waals surface area contributed by atoms with Crippen molar-refractivity contribution in [2.75, 3.05) is 5.32 Å². The van der Waals surface area contributed by atoms with E-state index in [1.54, 1.807) is 6.07 Å². The minimum absolute atomic E-state index is 0.184. The summed E-state index contributed by atoms with van der Waals surface area (Å²) in [5.74, 6) is -1.79. The Morgan fingerprint density at radius 3 is 2.56 bits per heavy atom. The van der Waals surface area contributed by atoms with Crippen LogP contribution in [0.5, 0.6) is 5.75 Å². The van der Waals surface area contributed by atoms with Gasteiger partial charge < -0.3 is 10.1 Å². The lowest BCUT2D eigenvalue weighted by atomic mass is 10.1. The van der Waals surface area contributed by atoms with Crippen LogP contribution in [0.3, 0.4) is 0 Å². The van der Waals surface area contributed by atoms with E-state index in [0.717, 1.165) is 22.9 Å². The van der Waals surface area contributed by atoms with Crippen LogP contribution >= 0.6 is 0 Å². The quantitative estimate of drug-likeness (QED) is 0.716. The molecule has 0 unspecified atom stereocenters. The third-order valence-corrected chi connectivity index (χ3v) is 3.87. The predicted molar refractivity (Wildman–Crippen MR) is 93.6 cm³/mol. The molecule has 0 aromatic heterocycles. The molecule has 0 fully saturated rings. The first-order valence-electron chi connectivity index (χ1n) is 7.99. The zero-order valence-electron chi connectivity index (χ0n) is 13.6. The topological polar surface area (TPSA) is 38.3 Å². The number of amides is 1. The van der Waals surface area contributed by atoms with Gasteiger partial charge in [0.25, 0.3) is 5.91 Å². The summed E-state index contributed by atoms with van der Waals surface area (Å²) < 4.78 is 32.1. The zero-order chi connectivity index (χ0) is 17.8. The molecule has 1 amide bonds. The normalized spacial score (nSPS) is 12.0. The van der Waals surface area contributed by atoms with Gasteiger partial charge in [0, 0.05) is 17.1 Å². The number of rotatable bonds is 5. The highest BCUT2D eigenvalue weighted by atomic mass is 19.2. The molecule has 3 nitrogen and oxygen atoms in total. The maximum Gasteiger partial charge on any atom is 0.265 e. The Labute approximate surface area is 144 Å². The van der Waals surface area contributed by atoms with Crippen LogP contribution in [0.2, 0.25) is 0 Å². The van der Waals surface area contributed by atoms with Gasteiger partial charge in [-0.1, -0.05) is 43.3 Å². The summed E-state index contributed by atoms with van der Waals surface area (Å²) in [7, 11) is 0. The highest BCUT2D eigenvalue weighted by Crippen LogP contribution is 2.26. The first kappa shape index (κ1) is 16.9. The standard InChI is InChI=1S/C20H17F2NO2/c1-2-18(20(24)23-14-10-11-16(21)17(22)12-14)25-19-9-5-7-13-6-3-4-8-15(13)19/h3-12,18H,2H2,1H3,(H,23,24)/t18-/m1/s1. The van der Waals surface area contributed by atoms with Gasteiger partial charge in [0.1, 0.15) is 5.75 Å². The van der Waals surface area contributed by atoms with Crippen LogP contribution in [0.1, 0.15) is 13.3 Å². The SMILES string of the molecule is CC[C@@H](Oc1cccc2ccccc12)C(=O)Nc1ccc(F)c(F)c1.